The van der Waals surface area contributed by atoms with E-state index in [0.29, 0.717) is 22.0 Å². The van der Waals surface area contributed by atoms with Gasteiger partial charge in [-0.1, -0.05) is 60.5 Å². The van der Waals surface area contributed by atoms with E-state index in [-0.39, 0.29) is 11.2 Å². The van der Waals surface area contributed by atoms with Crippen LogP contribution >= 0.6 is 35.4 Å². The predicted octanol–water partition coefficient (Wildman–Crippen LogP) is 4.53. The summed E-state index contributed by atoms with van der Waals surface area (Å²) in [5.41, 5.74) is 1.92. The van der Waals surface area contributed by atoms with E-state index < -0.39 is 18.2 Å². The van der Waals surface area contributed by atoms with Crippen LogP contribution in [-0.2, 0) is 24.3 Å². The molecule has 0 bridgehead atoms. The lowest BCUT2D eigenvalue weighted by atomic mass is 10.1. The van der Waals surface area contributed by atoms with Crippen LogP contribution in [0.3, 0.4) is 0 Å². The third-order valence-electron chi connectivity index (χ3n) is 4.34. The van der Waals surface area contributed by atoms with E-state index in [1.807, 2.05) is 25.1 Å². The van der Waals surface area contributed by atoms with E-state index in [1.165, 1.54) is 4.57 Å². The van der Waals surface area contributed by atoms with Crippen LogP contribution in [0.4, 0.5) is 0 Å². The van der Waals surface area contributed by atoms with E-state index in [0.717, 1.165) is 21.1 Å². The molecule has 2 aromatic carbocycles. The van der Waals surface area contributed by atoms with Crippen LogP contribution in [0.25, 0.3) is 10.9 Å². The average molecular weight is 423 g/mol. The number of halogens is 2. The minimum Gasteiger partial charge on any atom is -0.480 e. The zero-order valence-electron chi connectivity index (χ0n) is 14.4. The second-order valence-corrected chi connectivity index (χ2v) is 7.27. The molecule has 0 saturated heterocycles. The summed E-state index contributed by atoms with van der Waals surface area (Å²) in [6.45, 7) is 1.71. The van der Waals surface area contributed by atoms with Gasteiger partial charge in [0.15, 0.2) is 0 Å². The van der Waals surface area contributed by atoms with Crippen LogP contribution in [0.2, 0.25) is 10.0 Å². The molecule has 0 unspecified atom stereocenters. The molecular formula is C19H16Cl2N2O3S. The van der Waals surface area contributed by atoms with Crippen molar-refractivity contribution >= 4 is 52.3 Å². The highest BCUT2D eigenvalue weighted by Crippen LogP contribution is 2.24. The van der Waals surface area contributed by atoms with Gasteiger partial charge in [-0.25, -0.2) is 4.79 Å². The van der Waals surface area contributed by atoms with Crippen LogP contribution in [0, 0.1) is 4.64 Å². The Kier molecular flexibility index (Phi) is 5.69. The van der Waals surface area contributed by atoms with Gasteiger partial charge in [0.05, 0.1) is 22.1 Å². The van der Waals surface area contributed by atoms with Crippen molar-refractivity contribution in [3.05, 3.63) is 72.7 Å². The summed E-state index contributed by atoms with van der Waals surface area (Å²) in [5.74, 6) is -1.13. The number of aliphatic carboxylic acids is 1. The molecule has 5 nitrogen and oxygen atoms in total. The van der Waals surface area contributed by atoms with Crippen molar-refractivity contribution in [3.8, 4) is 0 Å². The number of nitrogens with zero attached hydrogens (tertiary/aromatic N) is 2. The monoisotopic (exact) mass is 422 g/mol. The third kappa shape index (κ3) is 3.78. The second kappa shape index (κ2) is 7.84. The average Bonchev–Trinajstić information content (AvgIpc) is 2.64. The maximum atomic E-state index is 13.0. The SMILES string of the molecule is CCc1cccc2c1c(=S)n(CC(=O)O)c(=O)n2Cc1ccc(Cl)c(Cl)c1. The molecule has 3 rings (SSSR count). The fourth-order valence-electron chi connectivity index (χ4n) is 3.07. The number of hydrogen-bond donors (Lipinski definition) is 1. The van der Waals surface area contributed by atoms with Gasteiger partial charge >= 0.3 is 11.7 Å². The molecule has 0 fully saturated rings. The quantitative estimate of drug-likeness (QED) is 0.613. The Morgan fingerprint density at radius 2 is 1.89 bits per heavy atom. The first-order valence-electron chi connectivity index (χ1n) is 8.24. The highest BCUT2D eigenvalue weighted by molar-refractivity contribution is 7.71. The third-order valence-corrected chi connectivity index (χ3v) is 5.50. The molecule has 0 amide bonds. The molecule has 3 aromatic rings. The van der Waals surface area contributed by atoms with Gasteiger partial charge in [0, 0.05) is 5.39 Å². The van der Waals surface area contributed by atoms with Gasteiger partial charge in [0.2, 0.25) is 0 Å². The number of rotatable bonds is 5. The van der Waals surface area contributed by atoms with Gasteiger partial charge in [-0.15, -0.1) is 0 Å². The van der Waals surface area contributed by atoms with Gasteiger partial charge in [-0.05, 0) is 35.7 Å². The van der Waals surface area contributed by atoms with Crippen LogP contribution in [0.5, 0.6) is 0 Å². The molecule has 140 valence electrons. The zero-order valence-corrected chi connectivity index (χ0v) is 16.7. The van der Waals surface area contributed by atoms with Crippen molar-refractivity contribution in [2.24, 2.45) is 0 Å². The Labute approximate surface area is 170 Å². The first-order valence-corrected chi connectivity index (χ1v) is 9.40. The Hall–Kier alpha value is -2.15. The van der Waals surface area contributed by atoms with Crippen molar-refractivity contribution in [1.29, 1.82) is 0 Å². The van der Waals surface area contributed by atoms with Crippen LogP contribution in [0.15, 0.2) is 41.2 Å². The largest absolute Gasteiger partial charge is 0.480 e. The number of carbonyl (C=O) groups is 1. The van der Waals surface area contributed by atoms with E-state index in [1.54, 1.807) is 18.2 Å². The number of hydrogen-bond acceptors (Lipinski definition) is 3. The molecule has 1 aromatic heterocycles. The van der Waals surface area contributed by atoms with Crippen molar-refractivity contribution in [2.45, 2.75) is 26.4 Å². The maximum absolute atomic E-state index is 13.0. The van der Waals surface area contributed by atoms with Crippen molar-refractivity contribution in [3.63, 3.8) is 0 Å². The molecule has 0 aliphatic carbocycles. The molecule has 0 atom stereocenters. The van der Waals surface area contributed by atoms with Crippen molar-refractivity contribution in [1.82, 2.24) is 9.13 Å². The Bertz CT molecular complexity index is 1170. The van der Waals surface area contributed by atoms with Crippen LogP contribution < -0.4 is 5.69 Å². The highest BCUT2D eigenvalue weighted by Gasteiger charge is 2.15. The first-order chi connectivity index (χ1) is 12.8. The second-order valence-electron chi connectivity index (χ2n) is 6.07. The molecule has 0 spiro atoms. The Morgan fingerprint density at radius 3 is 2.52 bits per heavy atom. The molecule has 1 N–H and O–H groups in total. The van der Waals surface area contributed by atoms with E-state index >= 15 is 0 Å². The number of aromatic nitrogens is 2. The fourth-order valence-corrected chi connectivity index (χ4v) is 3.77. The number of aryl methyl sites for hydroxylation is 1. The summed E-state index contributed by atoms with van der Waals surface area (Å²) in [5, 5.41) is 10.7. The van der Waals surface area contributed by atoms with E-state index in [2.05, 4.69) is 0 Å². The Balaban J connectivity index is 2.33. The summed E-state index contributed by atoms with van der Waals surface area (Å²) in [4.78, 5) is 24.3. The zero-order chi connectivity index (χ0) is 19.7. The number of fused-ring (bicyclic) bond motifs is 1. The molecule has 8 heteroatoms. The maximum Gasteiger partial charge on any atom is 0.330 e. The molecular weight excluding hydrogens is 407 g/mol. The molecule has 27 heavy (non-hydrogen) atoms. The molecule has 0 aliphatic heterocycles. The summed E-state index contributed by atoms with van der Waals surface area (Å²) in [6, 6.07) is 10.7. The first kappa shape index (κ1) is 19.6. The predicted molar refractivity (Wildman–Crippen MR) is 110 cm³/mol. The van der Waals surface area contributed by atoms with Crippen LogP contribution in [-0.4, -0.2) is 20.2 Å². The minimum atomic E-state index is -1.13. The summed E-state index contributed by atoms with van der Waals surface area (Å²) < 4.78 is 2.88. The molecule has 1 heterocycles. The van der Waals surface area contributed by atoms with Gasteiger partial charge in [0.25, 0.3) is 0 Å². The van der Waals surface area contributed by atoms with E-state index in [4.69, 9.17) is 35.4 Å². The normalized spacial score (nSPS) is 11.1. The number of benzene rings is 2. The summed E-state index contributed by atoms with van der Waals surface area (Å²) >= 11 is 17.5. The van der Waals surface area contributed by atoms with Gasteiger partial charge in [-0.2, -0.15) is 0 Å². The van der Waals surface area contributed by atoms with Crippen LogP contribution in [0.1, 0.15) is 18.1 Å². The standard InChI is InChI=1S/C19H16Cl2N2O3S/c1-2-12-4-3-5-15-17(12)18(27)23(10-16(24)25)19(26)22(15)9-11-6-7-13(20)14(21)8-11/h3-8H,2,9-10H2,1H3,(H,24,25). The topological polar surface area (TPSA) is 64.2 Å². The lowest BCUT2D eigenvalue weighted by Crippen LogP contribution is -2.34. The smallest absolute Gasteiger partial charge is 0.330 e. The van der Waals surface area contributed by atoms with Crippen molar-refractivity contribution < 1.29 is 9.90 Å². The lowest BCUT2D eigenvalue weighted by Gasteiger charge is -2.16. The number of carboxylic acid groups (broad SMARTS) is 1. The van der Waals surface area contributed by atoms with E-state index in [9.17, 15) is 14.7 Å². The molecule has 0 saturated carbocycles. The fraction of sp³-hybridized carbons (Fsp3) is 0.211. The minimum absolute atomic E-state index is 0.217. The Morgan fingerprint density at radius 1 is 1.15 bits per heavy atom. The van der Waals surface area contributed by atoms with Crippen molar-refractivity contribution in [2.75, 3.05) is 0 Å². The molecule has 0 radical (unpaired) electrons. The summed E-state index contributed by atoms with van der Waals surface area (Å²) in [7, 11) is 0. The highest BCUT2D eigenvalue weighted by atomic mass is 35.5. The van der Waals surface area contributed by atoms with Gasteiger partial charge in [-0.3, -0.25) is 13.9 Å². The summed E-state index contributed by atoms with van der Waals surface area (Å²) in [6.07, 6.45) is 0.707. The van der Waals surface area contributed by atoms with Gasteiger partial charge in [0.1, 0.15) is 11.2 Å². The van der Waals surface area contributed by atoms with Gasteiger partial charge < -0.3 is 5.11 Å². The lowest BCUT2D eigenvalue weighted by molar-refractivity contribution is -0.137. The number of carboxylic acids is 1. The molecule has 0 aliphatic rings.